The van der Waals surface area contributed by atoms with E-state index in [4.69, 9.17) is 10.5 Å². The van der Waals surface area contributed by atoms with E-state index in [0.29, 0.717) is 25.3 Å². The molecular formula is C14H25ClN4O4S2. The van der Waals surface area contributed by atoms with Crippen LogP contribution in [0.2, 0.25) is 0 Å². The minimum atomic E-state index is -3.44. The molecule has 0 saturated carbocycles. The van der Waals surface area contributed by atoms with E-state index in [-0.39, 0.29) is 43.3 Å². The fraction of sp³-hybridized carbons (Fsp3) is 0.714. The number of thiazole rings is 1. The smallest absolute Gasteiger partial charge is 0.270 e. The van der Waals surface area contributed by atoms with E-state index in [9.17, 15) is 13.2 Å². The molecule has 0 aromatic carbocycles. The zero-order chi connectivity index (χ0) is 17.4. The summed E-state index contributed by atoms with van der Waals surface area (Å²) in [5.74, 6) is -0.550. The normalized spacial score (nSPS) is 17.7. The highest BCUT2D eigenvalue weighted by atomic mass is 35.5. The molecule has 1 aliphatic rings. The molecule has 2 heterocycles. The number of aromatic nitrogens is 1. The third kappa shape index (κ3) is 7.97. The number of halogens is 1. The summed E-state index contributed by atoms with van der Waals surface area (Å²) in [7, 11) is -3.44. The van der Waals surface area contributed by atoms with Gasteiger partial charge in [-0.1, -0.05) is 0 Å². The van der Waals surface area contributed by atoms with Crippen LogP contribution in [0, 0.1) is 0 Å². The quantitative estimate of drug-likeness (QED) is 0.535. The molecule has 1 unspecified atom stereocenters. The number of amides is 1. The Morgan fingerprint density at radius 2 is 2.24 bits per heavy atom. The fourth-order valence-electron chi connectivity index (χ4n) is 2.30. The highest BCUT2D eigenvalue weighted by molar-refractivity contribution is 7.89. The molecule has 1 aliphatic heterocycles. The monoisotopic (exact) mass is 412 g/mol. The first-order valence-electron chi connectivity index (χ1n) is 8.02. The van der Waals surface area contributed by atoms with Crippen molar-refractivity contribution in [1.82, 2.24) is 15.0 Å². The van der Waals surface area contributed by atoms with Crippen molar-refractivity contribution in [3.8, 4) is 0 Å². The van der Waals surface area contributed by atoms with Gasteiger partial charge in [0, 0.05) is 31.5 Å². The predicted molar refractivity (Wildman–Crippen MR) is 99.8 cm³/mol. The summed E-state index contributed by atoms with van der Waals surface area (Å²) in [6.45, 7) is 1.47. The van der Waals surface area contributed by atoms with Crippen LogP contribution in [0.1, 0.15) is 34.8 Å². The number of carbonyl (C=O) groups is 1. The van der Waals surface area contributed by atoms with Crippen LogP contribution >= 0.6 is 23.7 Å². The third-order valence-corrected chi connectivity index (χ3v) is 5.86. The number of nitrogens with zero attached hydrogens (tertiary/aromatic N) is 1. The Hall–Kier alpha value is -0.780. The Morgan fingerprint density at radius 3 is 2.92 bits per heavy atom. The molecule has 1 aromatic rings. The number of ether oxygens (including phenoxy) is 1. The lowest BCUT2D eigenvalue weighted by Crippen LogP contribution is -2.39. The molecule has 4 N–H and O–H groups in total. The first-order chi connectivity index (χ1) is 11.5. The van der Waals surface area contributed by atoms with E-state index < -0.39 is 10.0 Å². The summed E-state index contributed by atoms with van der Waals surface area (Å²) in [6.07, 6.45) is 3.52. The first kappa shape index (κ1) is 22.3. The van der Waals surface area contributed by atoms with Crippen molar-refractivity contribution in [3.63, 3.8) is 0 Å². The SMILES string of the molecule is Cl.NCCc1nc(C(=O)NCCS(=O)(=O)NCC2CCCCO2)cs1. The van der Waals surface area contributed by atoms with Crippen LogP contribution in [-0.2, 0) is 21.2 Å². The van der Waals surface area contributed by atoms with Crippen molar-refractivity contribution in [2.45, 2.75) is 31.8 Å². The minimum Gasteiger partial charge on any atom is -0.377 e. The maximum atomic E-state index is 11.9. The highest BCUT2D eigenvalue weighted by Gasteiger charge is 2.18. The van der Waals surface area contributed by atoms with Crippen molar-refractivity contribution < 1.29 is 17.9 Å². The molecule has 0 aliphatic carbocycles. The van der Waals surface area contributed by atoms with Crippen molar-refractivity contribution in [2.75, 3.05) is 32.0 Å². The maximum absolute atomic E-state index is 11.9. The number of sulfonamides is 1. The van der Waals surface area contributed by atoms with Gasteiger partial charge in [0.15, 0.2) is 0 Å². The van der Waals surface area contributed by atoms with Crippen molar-refractivity contribution in [3.05, 3.63) is 16.1 Å². The molecule has 25 heavy (non-hydrogen) atoms. The highest BCUT2D eigenvalue weighted by Crippen LogP contribution is 2.12. The lowest BCUT2D eigenvalue weighted by atomic mass is 10.1. The number of hydrogen-bond donors (Lipinski definition) is 3. The molecule has 1 amide bonds. The van der Waals surface area contributed by atoms with E-state index in [1.165, 1.54) is 11.3 Å². The Balaban J connectivity index is 0.00000312. The van der Waals surface area contributed by atoms with Gasteiger partial charge in [-0.15, -0.1) is 23.7 Å². The Kier molecular flexibility index (Phi) is 9.83. The van der Waals surface area contributed by atoms with Crippen LogP contribution in [-0.4, -0.2) is 57.4 Å². The molecule has 1 fully saturated rings. The molecule has 1 atom stereocenters. The number of nitrogens with two attached hydrogens (primary N) is 1. The summed E-state index contributed by atoms with van der Waals surface area (Å²) in [5, 5.41) is 5.01. The van der Waals surface area contributed by atoms with Gasteiger partial charge in [0.2, 0.25) is 10.0 Å². The summed E-state index contributed by atoms with van der Waals surface area (Å²) >= 11 is 1.37. The number of rotatable bonds is 9. The van der Waals surface area contributed by atoms with Crippen LogP contribution in [0.5, 0.6) is 0 Å². The molecule has 144 valence electrons. The van der Waals surface area contributed by atoms with Crippen LogP contribution < -0.4 is 15.8 Å². The molecule has 11 heteroatoms. The predicted octanol–water partition coefficient (Wildman–Crippen LogP) is 0.284. The Labute approximate surface area is 158 Å². The van der Waals surface area contributed by atoms with Gasteiger partial charge in [-0.25, -0.2) is 18.1 Å². The topological polar surface area (TPSA) is 123 Å². The molecular weight excluding hydrogens is 388 g/mol. The second-order valence-electron chi connectivity index (χ2n) is 5.58. The average molecular weight is 413 g/mol. The van der Waals surface area contributed by atoms with Gasteiger partial charge < -0.3 is 15.8 Å². The summed E-state index contributed by atoms with van der Waals surface area (Å²) in [6, 6.07) is 0. The zero-order valence-electron chi connectivity index (χ0n) is 13.9. The molecule has 1 aromatic heterocycles. The Morgan fingerprint density at radius 1 is 1.44 bits per heavy atom. The molecule has 2 rings (SSSR count). The van der Waals surface area contributed by atoms with Gasteiger partial charge in [-0.2, -0.15) is 0 Å². The summed E-state index contributed by atoms with van der Waals surface area (Å²) in [5.41, 5.74) is 5.74. The van der Waals surface area contributed by atoms with Crippen molar-refractivity contribution in [2.24, 2.45) is 5.73 Å². The summed E-state index contributed by atoms with van der Waals surface area (Å²) in [4.78, 5) is 16.1. The third-order valence-electron chi connectivity index (χ3n) is 3.60. The van der Waals surface area contributed by atoms with Crippen molar-refractivity contribution >= 4 is 39.7 Å². The van der Waals surface area contributed by atoms with Crippen LogP contribution in [0.4, 0.5) is 0 Å². The van der Waals surface area contributed by atoms with Crippen molar-refractivity contribution in [1.29, 1.82) is 0 Å². The zero-order valence-corrected chi connectivity index (χ0v) is 16.4. The van der Waals surface area contributed by atoms with E-state index >= 15 is 0 Å². The summed E-state index contributed by atoms with van der Waals surface area (Å²) < 4.78 is 31.9. The standard InChI is InChI=1S/C14H24N4O4S2.ClH/c15-5-4-13-18-12(10-23-13)14(19)16-6-8-24(20,21)17-9-11-3-1-2-7-22-11;/h10-11,17H,1-9,15H2,(H,16,19);1H. The maximum Gasteiger partial charge on any atom is 0.270 e. The second-order valence-corrected chi connectivity index (χ2v) is 8.45. The van der Waals surface area contributed by atoms with Gasteiger partial charge in [0.25, 0.3) is 5.91 Å². The van der Waals surface area contributed by atoms with E-state index in [0.717, 1.165) is 24.3 Å². The Bertz CT molecular complexity index is 633. The number of nitrogens with one attached hydrogen (secondary N) is 2. The first-order valence-corrected chi connectivity index (χ1v) is 10.5. The minimum absolute atomic E-state index is 0. The average Bonchev–Trinajstić information content (AvgIpc) is 3.03. The van der Waals surface area contributed by atoms with Crippen LogP contribution in [0.25, 0.3) is 0 Å². The van der Waals surface area contributed by atoms with Gasteiger partial charge in [0.05, 0.1) is 16.9 Å². The largest absolute Gasteiger partial charge is 0.377 e. The molecule has 0 bridgehead atoms. The van der Waals surface area contributed by atoms with Gasteiger partial charge in [-0.3, -0.25) is 4.79 Å². The van der Waals surface area contributed by atoms with Gasteiger partial charge >= 0.3 is 0 Å². The molecule has 1 saturated heterocycles. The van der Waals surface area contributed by atoms with Crippen LogP contribution in [0.15, 0.2) is 5.38 Å². The molecule has 0 spiro atoms. The number of hydrogen-bond acceptors (Lipinski definition) is 7. The van der Waals surface area contributed by atoms with Gasteiger partial charge in [0.1, 0.15) is 5.69 Å². The van der Waals surface area contributed by atoms with Gasteiger partial charge in [-0.05, 0) is 25.8 Å². The number of carbonyl (C=O) groups excluding carboxylic acids is 1. The van der Waals surface area contributed by atoms with Crippen LogP contribution in [0.3, 0.4) is 0 Å². The fourth-order valence-corrected chi connectivity index (χ4v) is 4.05. The molecule has 0 radical (unpaired) electrons. The van der Waals surface area contributed by atoms with E-state index in [1.807, 2.05) is 0 Å². The van der Waals surface area contributed by atoms with E-state index in [1.54, 1.807) is 5.38 Å². The molecule has 8 nitrogen and oxygen atoms in total. The lowest BCUT2D eigenvalue weighted by Gasteiger charge is -2.22. The lowest BCUT2D eigenvalue weighted by molar-refractivity contribution is 0.0200. The van der Waals surface area contributed by atoms with E-state index in [2.05, 4.69) is 15.0 Å². The second kappa shape index (κ2) is 11.0.